The summed E-state index contributed by atoms with van der Waals surface area (Å²) in [4.78, 5) is 9.46. The molecule has 0 spiro atoms. The van der Waals surface area contributed by atoms with Gasteiger partial charge in [-0.3, -0.25) is 22.9 Å². The van der Waals surface area contributed by atoms with E-state index in [0.29, 0.717) is 5.75 Å². The normalized spacial score (nSPS) is 18.4. The van der Waals surface area contributed by atoms with Gasteiger partial charge in [-0.25, -0.2) is 0 Å². The maximum absolute atomic E-state index is 10.3. The maximum Gasteiger partial charge on any atom is 0.762 e. The van der Waals surface area contributed by atoms with E-state index >= 15 is 0 Å². The molecule has 9 heteroatoms. The number of halogens is 3. The van der Waals surface area contributed by atoms with Crippen LogP contribution < -0.4 is 0 Å². The fourth-order valence-electron chi connectivity index (χ4n) is 3.48. The molecule has 3 rings (SSSR count). The van der Waals surface area contributed by atoms with Crippen LogP contribution in [0.5, 0.6) is 11.5 Å². The van der Waals surface area contributed by atoms with Crippen LogP contribution in [0.3, 0.4) is 0 Å². The Labute approximate surface area is 191 Å². The van der Waals surface area contributed by atoms with Gasteiger partial charge in [0.1, 0.15) is 11.5 Å². The molecule has 1 saturated carbocycles. The van der Waals surface area contributed by atoms with Gasteiger partial charge in [0.2, 0.25) is 0 Å². The van der Waals surface area contributed by atoms with Gasteiger partial charge in [-0.1, -0.05) is 31.0 Å². The summed E-state index contributed by atoms with van der Waals surface area (Å²) in [5.41, 5.74) is 3.47. The third-order valence-corrected chi connectivity index (χ3v) is 4.92. The zero-order chi connectivity index (χ0) is 22.1. The van der Waals surface area contributed by atoms with Crippen molar-refractivity contribution < 1.29 is 39.9 Å². The second kappa shape index (κ2) is 13.2. The largest absolute Gasteiger partial charge is 0.762 e. The molecule has 0 aromatic heterocycles. The molecule has 0 saturated heterocycles. The van der Waals surface area contributed by atoms with Crippen LogP contribution >= 0.6 is 0 Å². The van der Waals surface area contributed by atoms with Crippen LogP contribution in [-0.2, 0) is 16.8 Å². The number of rotatable bonds is 4. The minimum atomic E-state index is -3.67. The van der Waals surface area contributed by atoms with Crippen molar-refractivity contribution in [2.24, 2.45) is 9.98 Å². The monoisotopic (exact) mass is 477 g/mol. The minimum Gasteiger partial charge on any atom is -0.507 e. The van der Waals surface area contributed by atoms with Gasteiger partial charge in [-0.2, -0.15) is 0 Å². The van der Waals surface area contributed by atoms with Gasteiger partial charge >= 0.3 is 7.54 Å². The Morgan fingerprint density at radius 1 is 0.903 bits per heavy atom. The van der Waals surface area contributed by atoms with Gasteiger partial charge in [0.05, 0.1) is 12.1 Å². The van der Waals surface area contributed by atoms with Crippen molar-refractivity contribution in [3.8, 4) is 11.5 Å². The first-order valence-electron chi connectivity index (χ1n) is 9.84. The third-order valence-electron chi connectivity index (χ3n) is 4.92. The van der Waals surface area contributed by atoms with E-state index in [1.165, 1.54) is 0 Å². The molecule has 1 fully saturated rings. The summed E-state index contributed by atoms with van der Waals surface area (Å²) in [6, 6.07) is 11.3. The molecule has 2 aromatic rings. The maximum atomic E-state index is 10.3. The van der Waals surface area contributed by atoms with Crippen LogP contribution in [0.15, 0.2) is 46.4 Å². The molecule has 1 aliphatic rings. The van der Waals surface area contributed by atoms with Gasteiger partial charge in [0.25, 0.3) is 0 Å². The van der Waals surface area contributed by atoms with Crippen molar-refractivity contribution >= 4 is 20.0 Å². The zero-order valence-corrected chi connectivity index (χ0v) is 18.5. The summed E-state index contributed by atoms with van der Waals surface area (Å²) >= 11 is 0. The topological polar surface area (TPSA) is 65.2 Å². The number of benzene rings is 2. The predicted octanol–water partition coefficient (Wildman–Crippen LogP) is 5.44. The van der Waals surface area contributed by atoms with Crippen molar-refractivity contribution in [1.29, 1.82) is 0 Å². The molecule has 169 valence electrons. The van der Waals surface area contributed by atoms with Crippen molar-refractivity contribution in [1.82, 2.24) is 0 Å². The second-order valence-corrected chi connectivity index (χ2v) is 7.30. The fraction of sp³-hybridized carbons (Fsp3) is 0.364. The molecule has 0 aliphatic heterocycles. The van der Waals surface area contributed by atoms with Crippen LogP contribution in [0.1, 0.15) is 47.9 Å². The number of para-hydroxylation sites is 1. The molecule has 2 N–H and O–H groups in total. The number of phenols is 2. The molecule has 0 heterocycles. The Kier molecular flexibility index (Phi) is 11.4. The molecule has 1 aliphatic carbocycles. The summed E-state index contributed by atoms with van der Waals surface area (Å²) in [6.45, 7) is 3.92. The number of aromatic hydroxyl groups is 2. The molecule has 31 heavy (non-hydrogen) atoms. The van der Waals surface area contributed by atoms with Crippen LogP contribution in [0.25, 0.3) is 0 Å². The summed E-state index contributed by atoms with van der Waals surface area (Å²) < 4.78 is 29.0. The Hall–Kier alpha value is -2.26. The third kappa shape index (κ3) is 8.79. The summed E-state index contributed by atoms with van der Waals surface area (Å²) in [7, 11) is -3.67. The Bertz CT molecular complexity index is 894. The van der Waals surface area contributed by atoms with Crippen molar-refractivity contribution in [2.75, 3.05) is 0 Å². The minimum absolute atomic E-state index is 0. The first-order valence-corrected chi connectivity index (χ1v) is 9.84. The smallest absolute Gasteiger partial charge is 0.507 e. The number of aliphatic imine (C=N–C) groups is 2. The number of hydrogen-bond acceptors (Lipinski definition) is 4. The van der Waals surface area contributed by atoms with Crippen molar-refractivity contribution in [3.05, 3.63) is 58.7 Å². The Morgan fingerprint density at radius 3 is 1.97 bits per heavy atom. The van der Waals surface area contributed by atoms with E-state index in [-0.39, 0.29) is 34.6 Å². The standard InChI is InChI=1S/C22H26N2O2.BF3.Co/c1-15-11-16(2)22(26)18(12-15)14-24-20-9-5-4-8-19(20)23-13-17-7-3-6-10-21(17)25;2-1(3)4;/h3,6-7,10-14,19-20,25-26H,4-5,8-9H2,1-2H3;;/t19-,20-;;/m1../s1. The van der Waals surface area contributed by atoms with E-state index in [2.05, 4.69) is 0 Å². The first kappa shape index (κ1) is 26.8. The summed E-state index contributed by atoms with van der Waals surface area (Å²) in [6.07, 6.45) is 7.80. The first-order chi connectivity index (χ1) is 14.3. The van der Waals surface area contributed by atoms with Crippen LogP contribution in [-0.4, -0.2) is 42.3 Å². The van der Waals surface area contributed by atoms with Gasteiger partial charge in [0, 0.05) is 40.3 Å². The Balaban J connectivity index is 0.000000885. The SMILES string of the molecule is Cc1cc(C)c(O)c(C=N[C@@H]2CCCC[C@H]2N=Cc2ccccc2O)c1.FB(F)F.[Co]. The number of nitrogens with zero attached hydrogens (tertiary/aromatic N) is 2. The van der Waals surface area contributed by atoms with Crippen molar-refractivity contribution in [2.45, 2.75) is 51.6 Å². The van der Waals surface area contributed by atoms with E-state index in [1.807, 2.05) is 38.1 Å². The molecule has 2 atom stereocenters. The number of hydrogen-bond donors (Lipinski definition) is 2. The second-order valence-electron chi connectivity index (χ2n) is 7.30. The summed E-state index contributed by atoms with van der Waals surface area (Å²) in [5.74, 6) is 0.539. The van der Waals surface area contributed by atoms with Gasteiger partial charge in [0.15, 0.2) is 0 Å². The molecule has 4 nitrogen and oxygen atoms in total. The quantitative estimate of drug-likeness (QED) is 0.455. The van der Waals surface area contributed by atoms with Crippen LogP contribution in [0.4, 0.5) is 12.9 Å². The molecular formula is C22H26BCoF3N2O2. The van der Waals surface area contributed by atoms with E-state index in [9.17, 15) is 23.2 Å². The van der Waals surface area contributed by atoms with E-state index in [0.717, 1.165) is 47.9 Å². The predicted molar refractivity (Wildman–Crippen MR) is 116 cm³/mol. The zero-order valence-electron chi connectivity index (χ0n) is 17.4. The van der Waals surface area contributed by atoms with E-state index < -0.39 is 7.54 Å². The van der Waals surface area contributed by atoms with E-state index in [1.54, 1.807) is 24.6 Å². The average Bonchev–Trinajstić information content (AvgIpc) is 2.69. The van der Waals surface area contributed by atoms with Crippen LogP contribution in [0.2, 0.25) is 0 Å². The van der Waals surface area contributed by atoms with E-state index in [4.69, 9.17) is 9.98 Å². The fourth-order valence-corrected chi connectivity index (χ4v) is 3.48. The average molecular weight is 477 g/mol. The van der Waals surface area contributed by atoms with Gasteiger partial charge in [-0.05, 0) is 56.0 Å². The number of aryl methyl sites for hydroxylation is 2. The van der Waals surface area contributed by atoms with Gasteiger partial charge < -0.3 is 10.2 Å². The molecule has 2 aromatic carbocycles. The number of phenolic OH excluding ortho intramolecular Hbond substituents is 2. The molecule has 0 unspecified atom stereocenters. The molecule has 0 amide bonds. The van der Waals surface area contributed by atoms with Gasteiger partial charge in [-0.15, -0.1) is 0 Å². The van der Waals surface area contributed by atoms with Crippen LogP contribution in [0, 0.1) is 13.8 Å². The Morgan fingerprint density at radius 2 is 1.42 bits per heavy atom. The molecule has 1 radical (unpaired) electrons. The summed E-state index contributed by atoms with van der Waals surface area (Å²) in [5, 5.41) is 20.1. The molecular weight excluding hydrogens is 451 g/mol. The molecule has 0 bridgehead atoms. The van der Waals surface area contributed by atoms with Crippen molar-refractivity contribution in [3.63, 3.8) is 0 Å².